The topological polar surface area (TPSA) is 66.5 Å². The molecular formula is C18H20N2O3S. The van der Waals surface area contributed by atoms with E-state index in [0.29, 0.717) is 25.1 Å². The molecule has 1 heterocycles. The molecule has 1 amide bonds. The fourth-order valence-corrected chi connectivity index (χ4v) is 4.13. The van der Waals surface area contributed by atoms with Gasteiger partial charge in [-0.1, -0.05) is 42.5 Å². The van der Waals surface area contributed by atoms with Crippen LogP contribution in [-0.2, 0) is 14.8 Å². The van der Waals surface area contributed by atoms with Gasteiger partial charge in [0.05, 0.1) is 6.26 Å². The van der Waals surface area contributed by atoms with E-state index in [0.717, 1.165) is 17.4 Å². The number of rotatable bonds is 4. The van der Waals surface area contributed by atoms with Gasteiger partial charge in [-0.3, -0.25) is 4.79 Å². The van der Waals surface area contributed by atoms with Crippen LogP contribution < -0.4 is 5.32 Å². The second kappa shape index (κ2) is 6.75. The predicted octanol–water partition coefficient (Wildman–Crippen LogP) is 2.72. The molecule has 1 unspecified atom stereocenters. The minimum Gasteiger partial charge on any atom is -0.325 e. The second-order valence-electron chi connectivity index (χ2n) is 5.96. The molecule has 1 saturated heterocycles. The first-order chi connectivity index (χ1) is 11.4. The van der Waals surface area contributed by atoms with Crippen molar-refractivity contribution in [1.29, 1.82) is 0 Å². The number of anilines is 1. The van der Waals surface area contributed by atoms with E-state index >= 15 is 0 Å². The van der Waals surface area contributed by atoms with Crippen molar-refractivity contribution in [2.24, 2.45) is 0 Å². The highest BCUT2D eigenvalue weighted by atomic mass is 32.2. The fourth-order valence-electron chi connectivity index (χ4n) is 3.00. The molecule has 0 aliphatic carbocycles. The van der Waals surface area contributed by atoms with Gasteiger partial charge in [0.15, 0.2) is 0 Å². The molecule has 3 rings (SSSR count). The molecule has 0 bridgehead atoms. The third-order valence-corrected chi connectivity index (χ3v) is 5.48. The average molecular weight is 344 g/mol. The molecule has 1 atom stereocenters. The smallest absolute Gasteiger partial charge is 0.242 e. The van der Waals surface area contributed by atoms with Crippen LogP contribution in [0, 0.1) is 0 Å². The van der Waals surface area contributed by atoms with Crippen LogP contribution >= 0.6 is 0 Å². The molecule has 2 aromatic carbocycles. The van der Waals surface area contributed by atoms with Gasteiger partial charge in [-0.05, 0) is 36.1 Å². The highest BCUT2D eigenvalue weighted by Gasteiger charge is 2.36. The maximum atomic E-state index is 12.4. The lowest BCUT2D eigenvalue weighted by Gasteiger charge is -2.21. The van der Waals surface area contributed by atoms with Crippen LogP contribution in [-0.4, -0.2) is 37.5 Å². The molecule has 1 fully saturated rings. The molecule has 24 heavy (non-hydrogen) atoms. The van der Waals surface area contributed by atoms with Crippen LogP contribution in [0.3, 0.4) is 0 Å². The van der Waals surface area contributed by atoms with Gasteiger partial charge < -0.3 is 5.32 Å². The summed E-state index contributed by atoms with van der Waals surface area (Å²) in [6.07, 6.45) is 2.41. The SMILES string of the molecule is CS(=O)(=O)N1CCCC1C(=O)Nc1ccc(-c2ccccc2)cc1. The highest BCUT2D eigenvalue weighted by molar-refractivity contribution is 7.88. The van der Waals surface area contributed by atoms with E-state index in [-0.39, 0.29) is 5.91 Å². The predicted molar refractivity (Wildman–Crippen MR) is 95.1 cm³/mol. The molecule has 1 N–H and O–H groups in total. The second-order valence-corrected chi connectivity index (χ2v) is 7.90. The van der Waals surface area contributed by atoms with Crippen molar-refractivity contribution in [1.82, 2.24) is 4.31 Å². The summed E-state index contributed by atoms with van der Waals surface area (Å²) >= 11 is 0. The lowest BCUT2D eigenvalue weighted by atomic mass is 10.1. The molecule has 0 radical (unpaired) electrons. The number of carbonyl (C=O) groups excluding carboxylic acids is 1. The minimum atomic E-state index is -3.36. The van der Waals surface area contributed by atoms with E-state index in [4.69, 9.17) is 0 Å². The van der Waals surface area contributed by atoms with Crippen molar-refractivity contribution >= 4 is 21.6 Å². The third-order valence-electron chi connectivity index (χ3n) is 4.19. The van der Waals surface area contributed by atoms with E-state index in [9.17, 15) is 13.2 Å². The van der Waals surface area contributed by atoms with Crippen molar-refractivity contribution in [3.8, 4) is 11.1 Å². The molecule has 6 heteroatoms. The maximum absolute atomic E-state index is 12.4. The number of nitrogens with one attached hydrogen (secondary N) is 1. The Morgan fingerprint density at radius 2 is 1.67 bits per heavy atom. The van der Waals surface area contributed by atoms with Crippen molar-refractivity contribution in [3.63, 3.8) is 0 Å². The van der Waals surface area contributed by atoms with Crippen LogP contribution in [0.5, 0.6) is 0 Å². The Balaban J connectivity index is 1.71. The number of carbonyl (C=O) groups is 1. The Morgan fingerprint density at radius 3 is 2.29 bits per heavy atom. The number of amides is 1. The molecule has 5 nitrogen and oxygen atoms in total. The van der Waals surface area contributed by atoms with E-state index in [2.05, 4.69) is 5.32 Å². The molecule has 126 valence electrons. The maximum Gasteiger partial charge on any atom is 0.242 e. The largest absolute Gasteiger partial charge is 0.325 e. The Labute approximate surface area is 142 Å². The molecular weight excluding hydrogens is 324 g/mol. The number of hydrogen-bond donors (Lipinski definition) is 1. The number of benzene rings is 2. The summed E-state index contributed by atoms with van der Waals surface area (Å²) in [6, 6.07) is 16.9. The quantitative estimate of drug-likeness (QED) is 0.927. The monoisotopic (exact) mass is 344 g/mol. The van der Waals surface area contributed by atoms with Crippen LogP contribution in [0.4, 0.5) is 5.69 Å². The van der Waals surface area contributed by atoms with Crippen molar-refractivity contribution in [2.45, 2.75) is 18.9 Å². The zero-order chi connectivity index (χ0) is 17.2. The van der Waals surface area contributed by atoms with Crippen molar-refractivity contribution in [2.75, 3.05) is 18.1 Å². The van der Waals surface area contributed by atoms with Gasteiger partial charge in [-0.2, -0.15) is 4.31 Å². The first-order valence-corrected chi connectivity index (χ1v) is 9.73. The third kappa shape index (κ3) is 3.66. The fraction of sp³-hybridized carbons (Fsp3) is 0.278. The Kier molecular flexibility index (Phi) is 4.69. The standard InChI is InChI=1S/C18H20N2O3S/c1-24(22,23)20-13-5-8-17(20)18(21)19-16-11-9-15(10-12-16)14-6-3-2-4-7-14/h2-4,6-7,9-12,17H,5,8,13H2,1H3,(H,19,21). The summed E-state index contributed by atoms with van der Waals surface area (Å²) in [6.45, 7) is 0.407. The normalized spacial score (nSPS) is 18.5. The molecule has 2 aromatic rings. The van der Waals surface area contributed by atoms with Crippen LogP contribution in [0.2, 0.25) is 0 Å². The first-order valence-electron chi connectivity index (χ1n) is 7.88. The zero-order valence-electron chi connectivity index (χ0n) is 13.5. The summed E-state index contributed by atoms with van der Waals surface area (Å²) in [4.78, 5) is 12.4. The number of sulfonamides is 1. The van der Waals surface area contributed by atoms with Crippen LogP contribution in [0.25, 0.3) is 11.1 Å². The van der Waals surface area contributed by atoms with Gasteiger partial charge in [0.2, 0.25) is 15.9 Å². The molecule has 0 saturated carbocycles. The first kappa shape index (κ1) is 16.7. The van der Waals surface area contributed by atoms with E-state index < -0.39 is 16.1 Å². The van der Waals surface area contributed by atoms with E-state index in [1.807, 2.05) is 54.6 Å². The van der Waals surface area contributed by atoms with E-state index in [1.54, 1.807) is 0 Å². The van der Waals surface area contributed by atoms with Gasteiger partial charge in [-0.25, -0.2) is 8.42 Å². The molecule has 1 aliphatic rings. The van der Waals surface area contributed by atoms with Crippen LogP contribution in [0.15, 0.2) is 54.6 Å². The average Bonchev–Trinajstić information content (AvgIpc) is 3.06. The molecule has 1 aliphatic heterocycles. The molecule has 0 spiro atoms. The Hall–Kier alpha value is -2.18. The lowest BCUT2D eigenvalue weighted by Crippen LogP contribution is -2.42. The Morgan fingerprint density at radius 1 is 1.04 bits per heavy atom. The van der Waals surface area contributed by atoms with Crippen LogP contribution in [0.1, 0.15) is 12.8 Å². The van der Waals surface area contributed by atoms with Crippen molar-refractivity contribution in [3.05, 3.63) is 54.6 Å². The summed E-state index contributed by atoms with van der Waals surface area (Å²) in [5, 5.41) is 2.82. The van der Waals surface area contributed by atoms with Gasteiger partial charge >= 0.3 is 0 Å². The minimum absolute atomic E-state index is 0.273. The van der Waals surface area contributed by atoms with Crippen molar-refractivity contribution < 1.29 is 13.2 Å². The summed E-state index contributed by atoms with van der Waals surface area (Å²) in [5.41, 5.74) is 2.83. The summed E-state index contributed by atoms with van der Waals surface area (Å²) in [5.74, 6) is -0.273. The molecule has 0 aromatic heterocycles. The van der Waals surface area contributed by atoms with Gasteiger partial charge in [-0.15, -0.1) is 0 Å². The van der Waals surface area contributed by atoms with Gasteiger partial charge in [0.25, 0.3) is 0 Å². The number of hydrogen-bond acceptors (Lipinski definition) is 3. The Bertz CT molecular complexity index is 817. The number of nitrogens with zero attached hydrogens (tertiary/aromatic N) is 1. The highest BCUT2D eigenvalue weighted by Crippen LogP contribution is 2.24. The van der Waals surface area contributed by atoms with Gasteiger partial charge in [0, 0.05) is 12.2 Å². The van der Waals surface area contributed by atoms with E-state index in [1.165, 1.54) is 4.31 Å². The zero-order valence-corrected chi connectivity index (χ0v) is 14.3. The lowest BCUT2D eigenvalue weighted by molar-refractivity contribution is -0.119. The summed E-state index contributed by atoms with van der Waals surface area (Å²) in [7, 11) is -3.36. The summed E-state index contributed by atoms with van der Waals surface area (Å²) < 4.78 is 24.8. The van der Waals surface area contributed by atoms with Gasteiger partial charge in [0.1, 0.15) is 6.04 Å².